The molecular weight excluding hydrogens is 272 g/mol. The average molecular weight is 290 g/mol. The topological polar surface area (TPSA) is 83.7 Å². The molecule has 6 nitrogen and oxygen atoms in total. The Morgan fingerprint density at radius 1 is 1.48 bits per heavy atom. The van der Waals surface area contributed by atoms with Crippen LogP contribution in [0.4, 0.5) is 11.4 Å². The molecule has 1 aromatic carbocycles. The summed E-state index contributed by atoms with van der Waals surface area (Å²) in [6.45, 7) is 6.15. The molecule has 2 rings (SSSR count). The van der Waals surface area contributed by atoms with Crippen LogP contribution in [0.2, 0.25) is 0 Å². The fraction of sp³-hybridized carbons (Fsp3) is 0.400. The standard InChI is InChI=1S/C15H18N2O4/c1-15(2)7-8-16(10-15)12-4-5-13(17(20)21)11(9-12)3-6-14(18)19/h3-6,9H,7-8,10H2,1-2H3,(H,18,19)/b6-3+. The number of rotatable bonds is 4. The van der Waals surface area contributed by atoms with E-state index < -0.39 is 10.9 Å². The molecule has 1 aliphatic heterocycles. The van der Waals surface area contributed by atoms with E-state index in [0.717, 1.165) is 31.3 Å². The summed E-state index contributed by atoms with van der Waals surface area (Å²) in [6.07, 6.45) is 3.25. The highest BCUT2D eigenvalue weighted by Crippen LogP contribution is 2.34. The Bertz CT molecular complexity index is 608. The molecule has 21 heavy (non-hydrogen) atoms. The molecule has 0 atom stereocenters. The van der Waals surface area contributed by atoms with Crippen molar-refractivity contribution in [1.82, 2.24) is 0 Å². The summed E-state index contributed by atoms with van der Waals surface area (Å²) in [5.74, 6) is -1.13. The molecule has 1 aromatic rings. The number of carbonyl (C=O) groups is 1. The Kier molecular flexibility index (Phi) is 3.97. The maximum absolute atomic E-state index is 11.0. The van der Waals surface area contributed by atoms with Crippen LogP contribution in [0.15, 0.2) is 24.3 Å². The van der Waals surface area contributed by atoms with Gasteiger partial charge in [0.25, 0.3) is 5.69 Å². The average Bonchev–Trinajstić information content (AvgIpc) is 2.76. The molecule has 0 bridgehead atoms. The van der Waals surface area contributed by atoms with Crippen LogP contribution in [0.1, 0.15) is 25.8 Å². The van der Waals surface area contributed by atoms with E-state index in [1.165, 1.54) is 12.1 Å². The summed E-state index contributed by atoms with van der Waals surface area (Å²) < 4.78 is 0. The molecule has 1 saturated heterocycles. The lowest BCUT2D eigenvalue weighted by Crippen LogP contribution is -2.22. The van der Waals surface area contributed by atoms with Gasteiger partial charge in [-0.15, -0.1) is 0 Å². The Hall–Kier alpha value is -2.37. The predicted octanol–water partition coefficient (Wildman–Crippen LogP) is 2.93. The number of carboxylic acid groups (broad SMARTS) is 1. The van der Waals surface area contributed by atoms with Gasteiger partial charge in [0.1, 0.15) is 0 Å². The first kappa shape index (κ1) is 15.0. The maximum atomic E-state index is 11.0. The Balaban J connectivity index is 2.35. The first-order valence-corrected chi connectivity index (χ1v) is 6.73. The van der Waals surface area contributed by atoms with Crippen LogP contribution in [0.3, 0.4) is 0 Å². The molecule has 1 N–H and O–H groups in total. The largest absolute Gasteiger partial charge is 0.478 e. The zero-order valence-corrected chi connectivity index (χ0v) is 12.1. The normalized spacial score (nSPS) is 17.3. The summed E-state index contributed by atoms with van der Waals surface area (Å²) in [7, 11) is 0. The Morgan fingerprint density at radius 3 is 2.71 bits per heavy atom. The Morgan fingerprint density at radius 2 is 2.19 bits per heavy atom. The molecule has 0 spiro atoms. The highest BCUT2D eigenvalue weighted by atomic mass is 16.6. The summed E-state index contributed by atoms with van der Waals surface area (Å²) in [6, 6.07) is 4.83. The highest BCUT2D eigenvalue weighted by molar-refractivity contribution is 5.86. The molecule has 0 aliphatic carbocycles. The van der Waals surface area contributed by atoms with Gasteiger partial charge < -0.3 is 10.0 Å². The molecule has 0 radical (unpaired) electrons. The number of nitro groups is 1. The van der Waals surface area contributed by atoms with Gasteiger partial charge in [-0.05, 0) is 30.0 Å². The number of hydrogen-bond acceptors (Lipinski definition) is 4. The van der Waals surface area contributed by atoms with Crippen molar-refractivity contribution in [2.24, 2.45) is 5.41 Å². The fourth-order valence-electron chi connectivity index (χ4n) is 2.53. The van der Waals surface area contributed by atoms with Crippen LogP contribution in [0.25, 0.3) is 6.08 Å². The first-order chi connectivity index (χ1) is 9.78. The SMILES string of the molecule is CC1(C)CCN(c2ccc([N+](=O)[O-])c(/C=C/C(=O)O)c2)C1. The smallest absolute Gasteiger partial charge is 0.328 e. The van der Waals surface area contributed by atoms with Crippen LogP contribution in [-0.2, 0) is 4.79 Å². The van der Waals surface area contributed by atoms with Crippen molar-refractivity contribution in [3.8, 4) is 0 Å². The number of nitrogens with zero attached hydrogens (tertiary/aromatic N) is 2. The van der Waals surface area contributed by atoms with Crippen molar-refractivity contribution in [1.29, 1.82) is 0 Å². The number of benzene rings is 1. The van der Waals surface area contributed by atoms with Gasteiger partial charge in [0.2, 0.25) is 0 Å². The third-order valence-electron chi connectivity index (χ3n) is 3.66. The predicted molar refractivity (Wildman–Crippen MR) is 80.4 cm³/mol. The molecule has 1 heterocycles. The van der Waals surface area contributed by atoms with Gasteiger partial charge in [-0.3, -0.25) is 10.1 Å². The van der Waals surface area contributed by atoms with Crippen molar-refractivity contribution >= 4 is 23.4 Å². The maximum Gasteiger partial charge on any atom is 0.328 e. The minimum atomic E-state index is -1.13. The van der Waals surface area contributed by atoms with Crippen LogP contribution in [0, 0.1) is 15.5 Å². The molecule has 0 saturated carbocycles. The molecule has 1 fully saturated rings. The second-order valence-electron chi connectivity index (χ2n) is 6.01. The Labute approximate surface area is 122 Å². The van der Waals surface area contributed by atoms with Crippen molar-refractivity contribution in [3.05, 3.63) is 40.0 Å². The molecule has 0 unspecified atom stereocenters. The van der Waals surface area contributed by atoms with Crippen molar-refractivity contribution in [2.75, 3.05) is 18.0 Å². The monoisotopic (exact) mass is 290 g/mol. The summed E-state index contributed by atoms with van der Waals surface area (Å²) in [4.78, 5) is 23.3. The molecule has 1 aliphatic rings. The molecule has 0 amide bonds. The molecule has 6 heteroatoms. The lowest BCUT2D eigenvalue weighted by atomic mass is 9.93. The van der Waals surface area contributed by atoms with E-state index >= 15 is 0 Å². The van der Waals surface area contributed by atoms with E-state index in [-0.39, 0.29) is 11.1 Å². The van der Waals surface area contributed by atoms with Gasteiger partial charge in [0.05, 0.1) is 10.5 Å². The van der Waals surface area contributed by atoms with Gasteiger partial charge >= 0.3 is 5.97 Å². The van der Waals surface area contributed by atoms with Gasteiger partial charge in [-0.2, -0.15) is 0 Å². The van der Waals surface area contributed by atoms with E-state index in [2.05, 4.69) is 18.7 Å². The summed E-state index contributed by atoms with van der Waals surface area (Å²) in [5.41, 5.74) is 1.33. The van der Waals surface area contributed by atoms with E-state index in [1.54, 1.807) is 12.1 Å². The quantitative estimate of drug-likeness (QED) is 0.523. The molecular formula is C15H18N2O4. The van der Waals surface area contributed by atoms with Crippen LogP contribution < -0.4 is 4.90 Å². The lowest BCUT2D eigenvalue weighted by molar-refractivity contribution is -0.385. The zero-order valence-electron chi connectivity index (χ0n) is 12.1. The second kappa shape index (κ2) is 5.55. The third kappa shape index (κ3) is 3.59. The van der Waals surface area contributed by atoms with Gasteiger partial charge in [0.15, 0.2) is 0 Å². The van der Waals surface area contributed by atoms with Gasteiger partial charge in [-0.25, -0.2) is 4.79 Å². The number of carboxylic acids is 1. The van der Waals surface area contributed by atoms with Crippen molar-refractivity contribution in [2.45, 2.75) is 20.3 Å². The van der Waals surface area contributed by atoms with E-state index in [9.17, 15) is 14.9 Å². The summed E-state index contributed by atoms with van der Waals surface area (Å²) >= 11 is 0. The molecule has 0 aromatic heterocycles. The van der Waals surface area contributed by atoms with Crippen LogP contribution >= 0.6 is 0 Å². The van der Waals surface area contributed by atoms with E-state index in [1.807, 2.05) is 0 Å². The van der Waals surface area contributed by atoms with Crippen LogP contribution in [-0.4, -0.2) is 29.1 Å². The number of aliphatic carboxylic acids is 1. The minimum Gasteiger partial charge on any atom is -0.478 e. The van der Waals surface area contributed by atoms with Crippen LogP contribution in [0.5, 0.6) is 0 Å². The van der Waals surface area contributed by atoms with E-state index in [0.29, 0.717) is 5.56 Å². The van der Waals surface area contributed by atoms with Gasteiger partial charge in [0, 0.05) is 30.9 Å². The third-order valence-corrected chi connectivity index (χ3v) is 3.66. The zero-order chi connectivity index (χ0) is 15.6. The second-order valence-corrected chi connectivity index (χ2v) is 6.01. The van der Waals surface area contributed by atoms with Crippen molar-refractivity contribution in [3.63, 3.8) is 0 Å². The molecule has 112 valence electrons. The number of anilines is 1. The lowest BCUT2D eigenvalue weighted by Gasteiger charge is -2.21. The summed E-state index contributed by atoms with van der Waals surface area (Å²) in [5, 5.41) is 19.7. The minimum absolute atomic E-state index is 0.0882. The van der Waals surface area contributed by atoms with Gasteiger partial charge in [-0.1, -0.05) is 13.8 Å². The number of nitro benzene ring substituents is 1. The van der Waals surface area contributed by atoms with Crippen molar-refractivity contribution < 1.29 is 14.8 Å². The fourth-order valence-corrected chi connectivity index (χ4v) is 2.53. The van der Waals surface area contributed by atoms with E-state index in [4.69, 9.17) is 5.11 Å². The first-order valence-electron chi connectivity index (χ1n) is 6.73. The number of hydrogen-bond donors (Lipinski definition) is 1. The highest BCUT2D eigenvalue weighted by Gasteiger charge is 2.29.